The molecule has 0 aliphatic heterocycles. The van der Waals surface area contributed by atoms with Crippen molar-refractivity contribution in [1.29, 1.82) is 5.26 Å². The van der Waals surface area contributed by atoms with Crippen molar-refractivity contribution in [3.63, 3.8) is 0 Å². The molecule has 0 aromatic rings. The number of hydrogen-bond donors (Lipinski definition) is 0. The standard InChI is InChI=1S/C11H5NO2/c12-6-10-9-3-2-8(13)5-7(9)1-4-11(10)14/h1-5H. The molecule has 0 fully saturated rings. The SMILES string of the molecule is N#CC1=C2C=CC(=O)C=C2C=CC1=O. The van der Waals surface area contributed by atoms with E-state index in [1.54, 1.807) is 6.08 Å². The highest BCUT2D eigenvalue weighted by molar-refractivity contribution is 6.13. The van der Waals surface area contributed by atoms with Crippen LogP contribution in [0.3, 0.4) is 0 Å². The molecule has 0 spiro atoms. The van der Waals surface area contributed by atoms with E-state index in [0.717, 1.165) is 0 Å². The normalized spacial score (nSPS) is 19.2. The fourth-order valence-electron chi connectivity index (χ4n) is 1.40. The Morgan fingerprint density at radius 2 is 1.86 bits per heavy atom. The highest BCUT2D eigenvalue weighted by Crippen LogP contribution is 2.25. The molecule has 0 amide bonds. The van der Waals surface area contributed by atoms with Crippen LogP contribution in [0.1, 0.15) is 0 Å². The van der Waals surface area contributed by atoms with Gasteiger partial charge in [-0.05, 0) is 29.9 Å². The highest BCUT2D eigenvalue weighted by atomic mass is 16.1. The van der Waals surface area contributed by atoms with Gasteiger partial charge in [0, 0.05) is 5.57 Å². The maximum absolute atomic E-state index is 11.2. The second kappa shape index (κ2) is 2.93. The van der Waals surface area contributed by atoms with Crippen molar-refractivity contribution in [2.75, 3.05) is 0 Å². The van der Waals surface area contributed by atoms with E-state index in [0.29, 0.717) is 11.1 Å². The van der Waals surface area contributed by atoms with E-state index >= 15 is 0 Å². The number of nitriles is 1. The Hall–Kier alpha value is -2.21. The first kappa shape index (κ1) is 8.39. The molecule has 0 saturated heterocycles. The predicted octanol–water partition coefficient (Wildman–Crippen LogP) is 1.01. The van der Waals surface area contributed by atoms with Gasteiger partial charge in [-0.15, -0.1) is 0 Å². The molecule has 2 aliphatic carbocycles. The molecule has 2 aliphatic rings. The number of rotatable bonds is 0. The molecule has 0 bridgehead atoms. The lowest BCUT2D eigenvalue weighted by molar-refractivity contribution is -0.111. The maximum Gasteiger partial charge on any atom is 0.197 e. The van der Waals surface area contributed by atoms with Crippen LogP contribution in [0.25, 0.3) is 0 Å². The molecule has 3 heteroatoms. The van der Waals surface area contributed by atoms with E-state index in [-0.39, 0.29) is 17.1 Å². The first-order chi connectivity index (χ1) is 6.72. The Morgan fingerprint density at radius 1 is 1.07 bits per heavy atom. The zero-order valence-corrected chi connectivity index (χ0v) is 7.15. The van der Waals surface area contributed by atoms with Crippen molar-refractivity contribution in [2.45, 2.75) is 0 Å². The Balaban J connectivity index is 2.63. The number of allylic oxidation sites excluding steroid dienone is 8. The van der Waals surface area contributed by atoms with Crippen LogP contribution in [0.2, 0.25) is 0 Å². The van der Waals surface area contributed by atoms with Gasteiger partial charge < -0.3 is 0 Å². The first-order valence-electron chi connectivity index (χ1n) is 4.03. The summed E-state index contributed by atoms with van der Waals surface area (Å²) in [6.45, 7) is 0. The summed E-state index contributed by atoms with van der Waals surface area (Å²) in [5.41, 5.74) is 1.27. The van der Waals surface area contributed by atoms with Crippen molar-refractivity contribution in [3.8, 4) is 6.07 Å². The minimum atomic E-state index is -0.307. The van der Waals surface area contributed by atoms with Crippen molar-refractivity contribution in [2.24, 2.45) is 0 Å². The minimum Gasteiger partial charge on any atom is -0.290 e. The van der Waals surface area contributed by atoms with Gasteiger partial charge >= 0.3 is 0 Å². The van der Waals surface area contributed by atoms with Gasteiger partial charge in [0.25, 0.3) is 0 Å². The molecule has 0 aromatic heterocycles. The molecule has 0 unspecified atom stereocenters. The van der Waals surface area contributed by atoms with Crippen LogP contribution in [0.15, 0.2) is 47.1 Å². The fourth-order valence-corrected chi connectivity index (χ4v) is 1.40. The van der Waals surface area contributed by atoms with Gasteiger partial charge in [-0.3, -0.25) is 9.59 Å². The van der Waals surface area contributed by atoms with Crippen LogP contribution < -0.4 is 0 Å². The third-order valence-electron chi connectivity index (χ3n) is 2.06. The van der Waals surface area contributed by atoms with E-state index < -0.39 is 0 Å². The van der Waals surface area contributed by atoms with Gasteiger partial charge in [-0.1, -0.05) is 6.08 Å². The summed E-state index contributed by atoms with van der Waals surface area (Å²) >= 11 is 0. The Morgan fingerprint density at radius 3 is 2.57 bits per heavy atom. The van der Waals surface area contributed by atoms with Crippen molar-refractivity contribution < 1.29 is 9.59 Å². The van der Waals surface area contributed by atoms with Crippen LogP contribution in [0.5, 0.6) is 0 Å². The molecule has 3 nitrogen and oxygen atoms in total. The van der Waals surface area contributed by atoms with E-state index in [1.165, 1.54) is 24.3 Å². The third kappa shape index (κ3) is 1.14. The zero-order valence-electron chi connectivity index (χ0n) is 7.15. The Bertz CT molecular complexity index is 496. The lowest BCUT2D eigenvalue weighted by Crippen LogP contribution is -2.09. The summed E-state index contributed by atoms with van der Waals surface area (Å²) in [6.07, 6.45) is 7.14. The van der Waals surface area contributed by atoms with Crippen LogP contribution >= 0.6 is 0 Å². The minimum absolute atomic E-state index is 0.0995. The Labute approximate surface area is 80.3 Å². The smallest absolute Gasteiger partial charge is 0.197 e. The predicted molar refractivity (Wildman–Crippen MR) is 49.0 cm³/mol. The number of fused-ring (bicyclic) bond motifs is 1. The molecule has 2 rings (SSSR count). The van der Waals surface area contributed by atoms with Crippen LogP contribution in [0, 0.1) is 11.3 Å². The summed E-state index contributed by atoms with van der Waals surface area (Å²) in [5, 5.41) is 8.76. The number of carbonyl (C=O) groups excluding carboxylic acids is 2. The van der Waals surface area contributed by atoms with E-state index in [4.69, 9.17) is 5.26 Å². The second-order valence-corrected chi connectivity index (χ2v) is 2.93. The molecular formula is C11H5NO2. The molecular weight excluding hydrogens is 178 g/mol. The Kier molecular flexibility index (Phi) is 1.76. The lowest BCUT2D eigenvalue weighted by atomic mass is 9.88. The van der Waals surface area contributed by atoms with Gasteiger partial charge in [0.05, 0.1) is 0 Å². The van der Waals surface area contributed by atoms with Gasteiger partial charge in [0.1, 0.15) is 11.6 Å². The largest absolute Gasteiger partial charge is 0.290 e. The quantitative estimate of drug-likeness (QED) is 0.563. The van der Waals surface area contributed by atoms with Gasteiger partial charge in [0.15, 0.2) is 11.6 Å². The van der Waals surface area contributed by atoms with Crippen LogP contribution in [0.4, 0.5) is 0 Å². The van der Waals surface area contributed by atoms with E-state index in [1.807, 2.05) is 6.07 Å². The molecule has 0 radical (unpaired) electrons. The van der Waals surface area contributed by atoms with E-state index in [9.17, 15) is 9.59 Å². The van der Waals surface area contributed by atoms with Gasteiger partial charge in [-0.25, -0.2) is 0 Å². The summed E-state index contributed by atoms with van der Waals surface area (Å²) in [6, 6.07) is 1.84. The summed E-state index contributed by atoms with van der Waals surface area (Å²) in [7, 11) is 0. The first-order valence-corrected chi connectivity index (χ1v) is 4.03. The molecule has 0 N–H and O–H groups in total. The van der Waals surface area contributed by atoms with Crippen LogP contribution in [-0.4, -0.2) is 11.6 Å². The molecule has 0 atom stereocenters. The maximum atomic E-state index is 11.2. The number of carbonyl (C=O) groups is 2. The number of hydrogen-bond acceptors (Lipinski definition) is 3. The van der Waals surface area contributed by atoms with E-state index in [2.05, 4.69) is 0 Å². The monoisotopic (exact) mass is 183 g/mol. The highest BCUT2D eigenvalue weighted by Gasteiger charge is 2.20. The third-order valence-corrected chi connectivity index (χ3v) is 2.06. The molecule has 0 saturated carbocycles. The summed E-state index contributed by atoms with van der Waals surface area (Å²) in [4.78, 5) is 22.3. The average molecular weight is 183 g/mol. The summed E-state index contributed by atoms with van der Waals surface area (Å²) < 4.78 is 0. The number of ketones is 2. The van der Waals surface area contributed by atoms with Gasteiger partial charge in [0.2, 0.25) is 0 Å². The van der Waals surface area contributed by atoms with Crippen molar-refractivity contribution in [3.05, 3.63) is 47.1 Å². The average Bonchev–Trinajstić information content (AvgIpc) is 2.18. The lowest BCUT2D eigenvalue weighted by Gasteiger charge is -2.12. The zero-order chi connectivity index (χ0) is 10.1. The van der Waals surface area contributed by atoms with Crippen molar-refractivity contribution >= 4 is 11.6 Å². The summed E-state index contributed by atoms with van der Waals surface area (Å²) in [5.74, 6) is -0.432. The molecule has 0 aromatic carbocycles. The molecule has 66 valence electrons. The van der Waals surface area contributed by atoms with Gasteiger partial charge in [-0.2, -0.15) is 5.26 Å². The fraction of sp³-hybridized carbons (Fsp3) is 0. The van der Waals surface area contributed by atoms with Crippen LogP contribution in [-0.2, 0) is 9.59 Å². The topological polar surface area (TPSA) is 57.9 Å². The molecule has 0 heterocycles. The van der Waals surface area contributed by atoms with Crippen molar-refractivity contribution in [1.82, 2.24) is 0 Å². The number of nitrogens with zero attached hydrogens (tertiary/aromatic N) is 1. The molecule has 14 heavy (non-hydrogen) atoms. The second-order valence-electron chi connectivity index (χ2n) is 2.93.